The summed E-state index contributed by atoms with van der Waals surface area (Å²) < 4.78 is 0. The van der Waals surface area contributed by atoms with Gasteiger partial charge >= 0.3 is 0 Å². The van der Waals surface area contributed by atoms with Crippen molar-refractivity contribution < 1.29 is 4.79 Å². The number of carbonyl (C=O) groups is 1. The van der Waals surface area contributed by atoms with Gasteiger partial charge in [-0.2, -0.15) is 0 Å². The molecule has 3 aromatic rings. The summed E-state index contributed by atoms with van der Waals surface area (Å²) in [4.78, 5) is 30.0. The van der Waals surface area contributed by atoms with E-state index in [4.69, 9.17) is 4.98 Å². The van der Waals surface area contributed by atoms with Crippen molar-refractivity contribution in [2.45, 2.75) is 6.92 Å². The molecule has 4 rings (SSSR count). The Balaban J connectivity index is 1.61. The number of amides is 1. The van der Waals surface area contributed by atoms with Crippen LogP contribution in [-0.2, 0) is 4.79 Å². The summed E-state index contributed by atoms with van der Waals surface area (Å²) in [7, 11) is 3.61. The van der Waals surface area contributed by atoms with E-state index in [0.29, 0.717) is 6.54 Å². The molecule has 0 unspecified atom stereocenters. The van der Waals surface area contributed by atoms with E-state index in [2.05, 4.69) is 37.7 Å². The minimum absolute atomic E-state index is 0.154. The number of aromatic nitrogens is 2. The molecule has 0 saturated carbocycles. The first-order chi connectivity index (χ1) is 13.0. The maximum atomic E-state index is 12.0. The molecule has 27 heavy (non-hydrogen) atoms. The maximum Gasteiger partial charge on any atom is 0.236 e. The molecule has 0 bridgehead atoms. The van der Waals surface area contributed by atoms with Gasteiger partial charge in [0.25, 0.3) is 0 Å². The largest absolute Gasteiger partial charge is 0.353 e. The van der Waals surface area contributed by atoms with E-state index in [1.54, 1.807) is 27.6 Å². The van der Waals surface area contributed by atoms with Gasteiger partial charge in [0.05, 0.1) is 11.9 Å². The van der Waals surface area contributed by atoms with Crippen LogP contribution in [0.15, 0.2) is 22.9 Å². The summed E-state index contributed by atoms with van der Waals surface area (Å²) in [5.41, 5.74) is 1.23. The summed E-state index contributed by atoms with van der Waals surface area (Å²) in [5.74, 6) is 1.99. The molecule has 142 valence electrons. The number of anilines is 1. The first-order valence-electron chi connectivity index (χ1n) is 9.00. The maximum absolute atomic E-state index is 12.0. The van der Waals surface area contributed by atoms with Crippen LogP contribution in [0.5, 0.6) is 0 Å². The highest BCUT2D eigenvalue weighted by molar-refractivity contribution is 7.18. The average molecular weight is 402 g/mol. The van der Waals surface area contributed by atoms with Crippen molar-refractivity contribution in [1.29, 1.82) is 0 Å². The second-order valence-corrected chi connectivity index (χ2v) is 8.76. The van der Waals surface area contributed by atoms with Crippen molar-refractivity contribution in [1.82, 2.24) is 19.8 Å². The Hall–Kier alpha value is -2.03. The van der Waals surface area contributed by atoms with Crippen LogP contribution in [0.1, 0.15) is 5.82 Å². The van der Waals surface area contributed by atoms with Gasteiger partial charge in [-0.1, -0.05) is 6.07 Å². The van der Waals surface area contributed by atoms with Gasteiger partial charge in [0.1, 0.15) is 16.5 Å². The summed E-state index contributed by atoms with van der Waals surface area (Å²) in [6, 6.07) is 4.24. The van der Waals surface area contributed by atoms with Crippen LogP contribution in [0, 0.1) is 6.92 Å². The number of nitrogens with zero attached hydrogens (tertiary/aromatic N) is 5. The van der Waals surface area contributed by atoms with E-state index in [-0.39, 0.29) is 5.91 Å². The van der Waals surface area contributed by atoms with Crippen LogP contribution in [0.3, 0.4) is 0 Å². The van der Waals surface area contributed by atoms with Crippen LogP contribution in [0.2, 0.25) is 0 Å². The zero-order valence-electron chi connectivity index (χ0n) is 15.8. The average Bonchev–Trinajstić information content (AvgIpc) is 3.30. The molecule has 1 aliphatic rings. The van der Waals surface area contributed by atoms with Gasteiger partial charge in [-0.05, 0) is 18.4 Å². The van der Waals surface area contributed by atoms with Gasteiger partial charge in [-0.25, -0.2) is 9.97 Å². The van der Waals surface area contributed by atoms with Crippen molar-refractivity contribution in [3.8, 4) is 10.4 Å². The highest BCUT2D eigenvalue weighted by Crippen LogP contribution is 2.40. The molecule has 1 aliphatic heterocycles. The number of thiophene rings is 2. The molecule has 4 heterocycles. The monoisotopic (exact) mass is 401 g/mol. The molecule has 0 radical (unpaired) electrons. The second-order valence-electron chi connectivity index (χ2n) is 6.95. The number of likely N-dealkylation sites (N-methyl/N-ethyl adjacent to an activating group) is 1. The van der Waals surface area contributed by atoms with Gasteiger partial charge < -0.3 is 9.80 Å². The van der Waals surface area contributed by atoms with Crippen LogP contribution < -0.4 is 4.90 Å². The standard InChI is InChI=1S/C19H23N5OS2/c1-13-20-18(24-8-6-23(7-9-24)11-16(25)22(2)3)17-14(12-27-19(17)21-13)15-5-4-10-26-15/h4-5,10,12H,6-9,11H2,1-3H3. The topological polar surface area (TPSA) is 52.6 Å². The number of piperazine rings is 1. The molecule has 0 spiro atoms. The predicted molar refractivity (Wildman–Crippen MR) is 113 cm³/mol. The van der Waals surface area contributed by atoms with Gasteiger partial charge in [0, 0.05) is 56.1 Å². The smallest absolute Gasteiger partial charge is 0.236 e. The first kappa shape index (κ1) is 18.3. The third kappa shape index (κ3) is 3.69. The Morgan fingerprint density at radius 2 is 1.96 bits per heavy atom. The fourth-order valence-electron chi connectivity index (χ4n) is 3.32. The van der Waals surface area contributed by atoms with Crippen LogP contribution in [-0.4, -0.2) is 72.5 Å². The van der Waals surface area contributed by atoms with E-state index >= 15 is 0 Å². The molecule has 1 fully saturated rings. The summed E-state index contributed by atoms with van der Waals surface area (Å²) in [5, 5.41) is 5.46. The van der Waals surface area contributed by atoms with E-state index in [1.165, 1.54) is 10.4 Å². The lowest BCUT2D eigenvalue weighted by molar-refractivity contribution is -0.129. The van der Waals surface area contributed by atoms with Crippen LogP contribution in [0.4, 0.5) is 5.82 Å². The molecule has 0 atom stereocenters. The van der Waals surface area contributed by atoms with Crippen molar-refractivity contribution in [2.24, 2.45) is 0 Å². The Morgan fingerprint density at radius 1 is 1.19 bits per heavy atom. The molecule has 3 aromatic heterocycles. The van der Waals surface area contributed by atoms with E-state index < -0.39 is 0 Å². The molecule has 0 N–H and O–H groups in total. The fraction of sp³-hybridized carbons (Fsp3) is 0.421. The lowest BCUT2D eigenvalue weighted by atomic mass is 10.1. The quantitative estimate of drug-likeness (QED) is 0.673. The van der Waals surface area contributed by atoms with Gasteiger partial charge in [0.2, 0.25) is 5.91 Å². The summed E-state index contributed by atoms with van der Waals surface area (Å²) in [6.07, 6.45) is 0. The number of fused-ring (bicyclic) bond motifs is 1. The predicted octanol–water partition coefficient (Wildman–Crippen LogP) is 2.94. The van der Waals surface area contributed by atoms with Gasteiger partial charge in [-0.15, -0.1) is 22.7 Å². The number of aryl methyl sites for hydroxylation is 1. The molecular formula is C19H23N5OS2. The van der Waals surface area contributed by atoms with Crippen LogP contribution in [0.25, 0.3) is 20.7 Å². The number of rotatable bonds is 4. The lowest BCUT2D eigenvalue weighted by Crippen LogP contribution is -2.49. The Bertz CT molecular complexity index is 943. The molecule has 0 aromatic carbocycles. The number of carbonyl (C=O) groups excluding carboxylic acids is 1. The van der Waals surface area contributed by atoms with E-state index in [9.17, 15) is 4.79 Å². The van der Waals surface area contributed by atoms with E-state index in [0.717, 1.165) is 48.0 Å². The zero-order valence-corrected chi connectivity index (χ0v) is 17.4. The SMILES string of the molecule is Cc1nc(N2CCN(CC(=O)N(C)C)CC2)c2c(-c3cccs3)csc2n1. The lowest BCUT2D eigenvalue weighted by Gasteiger charge is -2.35. The minimum atomic E-state index is 0.154. The highest BCUT2D eigenvalue weighted by atomic mass is 32.1. The number of hydrogen-bond acceptors (Lipinski definition) is 7. The molecule has 1 amide bonds. The molecule has 1 saturated heterocycles. The first-order valence-corrected chi connectivity index (χ1v) is 10.8. The van der Waals surface area contributed by atoms with Crippen molar-refractivity contribution in [3.63, 3.8) is 0 Å². The third-order valence-corrected chi connectivity index (χ3v) is 6.62. The van der Waals surface area contributed by atoms with Gasteiger partial charge in [0.15, 0.2) is 0 Å². The molecular weight excluding hydrogens is 378 g/mol. The Morgan fingerprint density at radius 3 is 2.63 bits per heavy atom. The summed E-state index contributed by atoms with van der Waals surface area (Å²) >= 11 is 3.43. The normalized spacial score (nSPS) is 15.4. The fourth-order valence-corrected chi connectivity index (χ4v) is 5.12. The third-order valence-electron chi connectivity index (χ3n) is 4.84. The minimum Gasteiger partial charge on any atom is -0.353 e. The molecule has 0 aliphatic carbocycles. The van der Waals surface area contributed by atoms with Crippen molar-refractivity contribution in [3.05, 3.63) is 28.7 Å². The van der Waals surface area contributed by atoms with Crippen molar-refractivity contribution >= 4 is 44.6 Å². The van der Waals surface area contributed by atoms with Gasteiger partial charge in [-0.3, -0.25) is 9.69 Å². The van der Waals surface area contributed by atoms with Crippen LogP contribution >= 0.6 is 22.7 Å². The highest BCUT2D eigenvalue weighted by Gasteiger charge is 2.24. The molecule has 6 nitrogen and oxygen atoms in total. The second kappa shape index (κ2) is 7.53. The Labute approximate surface area is 167 Å². The zero-order chi connectivity index (χ0) is 19.0. The Kier molecular flexibility index (Phi) is 5.12. The summed E-state index contributed by atoms with van der Waals surface area (Å²) in [6.45, 7) is 5.90. The van der Waals surface area contributed by atoms with E-state index in [1.807, 2.05) is 21.0 Å². The number of hydrogen-bond donors (Lipinski definition) is 0. The molecule has 8 heteroatoms. The van der Waals surface area contributed by atoms with Crippen molar-refractivity contribution in [2.75, 3.05) is 51.7 Å².